The zero-order chi connectivity index (χ0) is 17.8. The smallest absolute Gasteiger partial charge is 0.270 e. The van der Waals surface area contributed by atoms with Crippen LogP contribution >= 0.6 is 0 Å². The summed E-state index contributed by atoms with van der Waals surface area (Å²) in [5.41, 5.74) is 1.12. The molecule has 0 saturated carbocycles. The Morgan fingerprint density at radius 2 is 2.32 bits per heavy atom. The van der Waals surface area contributed by atoms with E-state index < -0.39 is 5.92 Å². The second-order valence-electron chi connectivity index (χ2n) is 6.08. The van der Waals surface area contributed by atoms with Crippen molar-refractivity contribution in [1.29, 1.82) is 5.26 Å². The quantitative estimate of drug-likeness (QED) is 0.834. The zero-order valence-corrected chi connectivity index (χ0v) is 14.0. The first kappa shape index (κ1) is 17.0. The normalized spacial score (nSPS) is 21.0. The molecule has 2 atom stereocenters. The molecule has 1 amide bonds. The molecule has 3 rings (SSSR count). The van der Waals surface area contributed by atoms with Crippen LogP contribution in [0.5, 0.6) is 0 Å². The van der Waals surface area contributed by atoms with Crippen LogP contribution in [0.3, 0.4) is 0 Å². The number of rotatable bonds is 6. The molecule has 0 radical (unpaired) electrons. The van der Waals surface area contributed by atoms with Crippen LogP contribution in [0, 0.1) is 17.2 Å². The number of aliphatic imine (C=N–C) groups is 1. The molecule has 2 aliphatic rings. The maximum absolute atomic E-state index is 14.4. The lowest BCUT2D eigenvalue weighted by molar-refractivity contribution is 0.0754. The van der Waals surface area contributed by atoms with Gasteiger partial charge in [0, 0.05) is 25.2 Å². The lowest BCUT2D eigenvalue weighted by Crippen LogP contribution is -2.32. The molecule has 6 nitrogen and oxygen atoms in total. The number of nitrogens with zero attached hydrogens (tertiary/aromatic N) is 3. The second kappa shape index (κ2) is 7.34. The highest BCUT2D eigenvalue weighted by atomic mass is 19.1. The van der Waals surface area contributed by atoms with E-state index in [0.717, 1.165) is 6.42 Å². The predicted molar refractivity (Wildman–Crippen MR) is 92.3 cm³/mol. The molecule has 0 saturated heterocycles. The molecule has 25 heavy (non-hydrogen) atoms. The largest absolute Gasteiger partial charge is 0.357 e. The van der Waals surface area contributed by atoms with E-state index in [4.69, 9.17) is 5.26 Å². The molecular weight excluding hydrogens is 321 g/mol. The van der Waals surface area contributed by atoms with Gasteiger partial charge in [0.2, 0.25) is 0 Å². The van der Waals surface area contributed by atoms with Crippen molar-refractivity contribution in [1.82, 2.24) is 15.2 Å². The van der Waals surface area contributed by atoms with Crippen LogP contribution < -0.4 is 5.32 Å². The molecule has 2 aliphatic heterocycles. The number of aromatic nitrogens is 1. The molecule has 0 spiro atoms. The number of aromatic amines is 1. The minimum Gasteiger partial charge on any atom is -0.357 e. The van der Waals surface area contributed by atoms with E-state index >= 15 is 0 Å². The van der Waals surface area contributed by atoms with Crippen LogP contribution in [0.25, 0.3) is 0 Å². The number of amides is 1. The van der Waals surface area contributed by atoms with E-state index in [1.165, 1.54) is 6.20 Å². The Hall–Kier alpha value is -2.88. The number of H-pyrrole nitrogens is 1. The molecule has 7 heteroatoms. The first-order valence-electron chi connectivity index (χ1n) is 8.36. The van der Waals surface area contributed by atoms with Gasteiger partial charge in [-0.25, -0.2) is 9.38 Å². The summed E-state index contributed by atoms with van der Waals surface area (Å²) in [6.45, 7) is 2.95. The minimum absolute atomic E-state index is 0.169. The number of nitrogens with one attached hydrogen (secondary N) is 2. The Morgan fingerprint density at radius 3 is 3.08 bits per heavy atom. The van der Waals surface area contributed by atoms with E-state index in [-0.39, 0.29) is 24.1 Å². The monoisotopic (exact) mass is 341 g/mol. The summed E-state index contributed by atoms with van der Waals surface area (Å²) in [6.07, 6.45) is 7.63. The minimum atomic E-state index is -0.490. The number of amidine groups is 1. The van der Waals surface area contributed by atoms with E-state index in [9.17, 15) is 9.18 Å². The summed E-state index contributed by atoms with van der Waals surface area (Å²) in [6, 6.07) is 3.76. The van der Waals surface area contributed by atoms with Crippen molar-refractivity contribution < 1.29 is 9.18 Å². The van der Waals surface area contributed by atoms with Crippen molar-refractivity contribution in [2.75, 3.05) is 13.1 Å². The number of hydrogen-bond donors (Lipinski definition) is 2. The average Bonchev–Trinajstić information content (AvgIpc) is 3.27. The highest BCUT2D eigenvalue weighted by Crippen LogP contribution is 2.38. The van der Waals surface area contributed by atoms with Crippen molar-refractivity contribution in [3.63, 3.8) is 0 Å². The van der Waals surface area contributed by atoms with Gasteiger partial charge in [-0.15, -0.1) is 0 Å². The first-order chi connectivity index (χ1) is 12.2. The number of nitriles is 1. The summed E-state index contributed by atoms with van der Waals surface area (Å²) in [5, 5.41) is 11.8. The van der Waals surface area contributed by atoms with Gasteiger partial charge in [-0.1, -0.05) is 13.0 Å². The van der Waals surface area contributed by atoms with E-state index in [2.05, 4.69) is 21.4 Å². The number of halogens is 1. The van der Waals surface area contributed by atoms with Crippen LogP contribution in [0.15, 0.2) is 41.6 Å². The fraction of sp³-hybridized carbons (Fsp3) is 0.389. The summed E-state index contributed by atoms with van der Waals surface area (Å²) < 4.78 is 14.4. The van der Waals surface area contributed by atoms with Gasteiger partial charge >= 0.3 is 0 Å². The Labute approximate surface area is 145 Å². The third kappa shape index (κ3) is 3.33. The maximum Gasteiger partial charge on any atom is 0.270 e. The van der Waals surface area contributed by atoms with Crippen molar-refractivity contribution in [2.24, 2.45) is 10.9 Å². The van der Waals surface area contributed by atoms with E-state index in [1.807, 2.05) is 13.0 Å². The van der Waals surface area contributed by atoms with Crippen LogP contribution in [0.2, 0.25) is 0 Å². The lowest BCUT2D eigenvalue weighted by Gasteiger charge is -2.23. The SMILES string of the molecule is CCCN(CCC#N)C(=O)c1cc(C2C(F)=CN=C3NC=CC32)c[nH]1. The van der Waals surface area contributed by atoms with Crippen LogP contribution in [0.4, 0.5) is 4.39 Å². The van der Waals surface area contributed by atoms with Crippen molar-refractivity contribution in [3.8, 4) is 6.07 Å². The Morgan fingerprint density at radius 1 is 1.48 bits per heavy atom. The summed E-state index contributed by atoms with van der Waals surface area (Å²) in [7, 11) is 0. The molecule has 3 heterocycles. The molecule has 130 valence electrons. The number of hydrogen-bond acceptors (Lipinski definition) is 4. The average molecular weight is 341 g/mol. The standard InChI is InChI=1S/C18H20FN5O/c1-2-7-24(8-3-5-20)18(25)15-9-12(10-22-15)16-13-4-6-21-17(13)23-11-14(16)19/h4,6,9-11,13,16,22H,2-3,7-8H2,1H3,(H,21,23). The van der Waals surface area contributed by atoms with Crippen molar-refractivity contribution >= 4 is 11.7 Å². The summed E-state index contributed by atoms with van der Waals surface area (Å²) in [5.74, 6) is -0.459. The molecular formula is C18H20FN5O. The molecule has 0 aliphatic carbocycles. The highest BCUT2D eigenvalue weighted by Gasteiger charge is 2.35. The summed E-state index contributed by atoms with van der Waals surface area (Å²) >= 11 is 0. The number of fused-ring (bicyclic) bond motifs is 1. The number of allylic oxidation sites excluding steroid dienone is 1. The first-order valence-corrected chi connectivity index (χ1v) is 8.36. The van der Waals surface area contributed by atoms with Gasteiger partial charge in [-0.2, -0.15) is 5.26 Å². The number of carbonyl (C=O) groups excluding carboxylic acids is 1. The molecule has 2 unspecified atom stereocenters. The third-order valence-electron chi connectivity index (χ3n) is 4.40. The molecule has 0 bridgehead atoms. The van der Waals surface area contributed by atoms with E-state index in [0.29, 0.717) is 30.2 Å². The van der Waals surface area contributed by atoms with Gasteiger partial charge in [0.05, 0.1) is 24.6 Å². The highest BCUT2D eigenvalue weighted by molar-refractivity contribution is 5.94. The Kier molecular flexibility index (Phi) is 4.98. The van der Waals surface area contributed by atoms with Gasteiger partial charge in [0.25, 0.3) is 5.91 Å². The molecule has 1 aromatic rings. The second-order valence-corrected chi connectivity index (χ2v) is 6.08. The van der Waals surface area contributed by atoms with Crippen LogP contribution in [-0.4, -0.2) is 34.7 Å². The fourth-order valence-corrected chi connectivity index (χ4v) is 3.22. The third-order valence-corrected chi connectivity index (χ3v) is 4.40. The predicted octanol–water partition coefficient (Wildman–Crippen LogP) is 2.82. The number of carbonyl (C=O) groups is 1. The Balaban J connectivity index is 1.81. The molecule has 2 N–H and O–H groups in total. The Bertz CT molecular complexity index is 786. The van der Waals surface area contributed by atoms with Crippen LogP contribution in [0.1, 0.15) is 41.7 Å². The maximum atomic E-state index is 14.4. The topological polar surface area (TPSA) is 84.3 Å². The zero-order valence-electron chi connectivity index (χ0n) is 14.0. The van der Waals surface area contributed by atoms with Gasteiger partial charge in [0.15, 0.2) is 0 Å². The molecule has 0 aromatic carbocycles. The summed E-state index contributed by atoms with van der Waals surface area (Å²) in [4.78, 5) is 21.4. The molecule has 1 aromatic heterocycles. The van der Waals surface area contributed by atoms with Crippen molar-refractivity contribution in [3.05, 3.63) is 47.8 Å². The molecule has 0 fully saturated rings. The fourth-order valence-electron chi connectivity index (χ4n) is 3.22. The van der Waals surface area contributed by atoms with Gasteiger partial charge in [0.1, 0.15) is 17.4 Å². The van der Waals surface area contributed by atoms with Crippen molar-refractivity contribution in [2.45, 2.75) is 25.7 Å². The van der Waals surface area contributed by atoms with Gasteiger partial charge in [-0.05, 0) is 24.3 Å². The van der Waals surface area contributed by atoms with E-state index in [1.54, 1.807) is 23.4 Å². The van der Waals surface area contributed by atoms with Gasteiger partial charge < -0.3 is 15.2 Å². The van der Waals surface area contributed by atoms with Crippen LogP contribution in [-0.2, 0) is 0 Å². The lowest BCUT2D eigenvalue weighted by atomic mass is 9.85. The van der Waals surface area contributed by atoms with Gasteiger partial charge in [-0.3, -0.25) is 4.79 Å².